The van der Waals surface area contributed by atoms with Crippen molar-refractivity contribution in [2.24, 2.45) is 0 Å². The molecule has 0 bridgehead atoms. The fourth-order valence-corrected chi connectivity index (χ4v) is 2.84. The zero-order valence-corrected chi connectivity index (χ0v) is 12.1. The van der Waals surface area contributed by atoms with E-state index in [1.807, 2.05) is 0 Å². The second-order valence-corrected chi connectivity index (χ2v) is 5.56. The normalized spacial score (nSPS) is 12.5. The minimum Gasteiger partial charge on any atom is -0.450 e. The maximum absolute atomic E-state index is 10.4. The van der Waals surface area contributed by atoms with Gasteiger partial charge in [0.1, 0.15) is 13.2 Å². The molecule has 2 unspecified atom stereocenters. The smallest absolute Gasteiger partial charge is 0.450 e. The Hall–Kier alpha value is -2.22. The van der Waals surface area contributed by atoms with Crippen LogP contribution in [0.3, 0.4) is 0 Å². The van der Waals surface area contributed by atoms with Gasteiger partial charge < -0.3 is 39.4 Å². The molecule has 22 heavy (non-hydrogen) atoms. The summed E-state index contributed by atoms with van der Waals surface area (Å²) in [6, 6.07) is 0. The Morgan fingerprint density at radius 2 is 1.00 bits per heavy atom. The van der Waals surface area contributed by atoms with Gasteiger partial charge in [-0.1, -0.05) is 0 Å². The number of ether oxygens (including phenoxy) is 4. The Balaban J connectivity index is 4.49. The summed E-state index contributed by atoms with van der Waals surface area (Å²) in [5.41, 5.74) is -2.66. The minimum absolute atomic E-state index is 0.558. The lowest BCUT2D eigenvalue weighted by Crippen LogP contribution is -2.23. The van der Waals surface area contributed by atoms with Crippen LogP contribution in [0.2, 0.25) is 0 Å². The second-order valence-electron chi connectivity index (χ2n) is 2.97. The molecule has 0 aliphatic heterocycles. The molecule has 0 radical (unpaired) electrons. The van der Waals surface area contributed by atoms with Gasteiger partial charge in [-0.05, 0) is 21.6 Å². The number of carboxylic acid groups (broad SMARTS) is 4. The maximum Gasteiger partial charge on any atom is 0.507 e. The molecule has 0 spiro atoms. The Morgan fingerprint density at radius 3 is 1.23 bits per heavy atom. The van der Waals surface area contributed by atoms with Crippen LogP contribution in [0.5, 0.6) is 0 Å². The van der Waals surface area contributed by atoms with E-state index in [-0.39, 0.29) is 0 Å². The highest BCUT2D eigenvalue weighted by Crippen LogP contribution is 2.33. The van der Waals surface area contributed by atoms with Gasteiger partial charge in [-0.3, -0.25) is 0 Å². The lowest BCUT2D eigenvalue weighted by molar-refractivity contribution is 0.0351. The third-order valence-corrected chi connectivity index (χ3v) is 4.05. The standard InChI is InChI=1S/C8H10O12S2/c9-5(10)17-1-3(19-7(13)14)21-22-4(20-8(15)16)2-18-6(11)12/h3-4H,1-2H2,(H,9,10)(H,11,12)(H,13,14)(H,15,16). The highest BCUT2D eigenvalue weighted by Gasteiger charge is 2.23. The summed E-state index contributed by atoms with van der Waals surface area (Å²) in [4.78, 5) is 41.3. The first-order valence-corrected chi connectivity index (χ1v) is 7.31. The average Bonchev–Trinajstić information content (AvgIpc) is 2.37. The maximum atomic E-state index is 10.4. The van der Waals surface area contributed by atoms with Crippen molar-refractivity contribution in [3.63, 3.8) is 0 Å². The third-order valence-electron chi connectivity index (χ3n) is 1.42. The van der Waals surface area contributed by atoms with Gasteiger partial charge in [-0.15, -0.1) is 0 Å². The summed E-state index contributed by atoms with van der Waals surface area (Å²) >= 11 is 0. The molecule has 0 saturated carbocycles. The summed E-state index contributed by atoms with van der Waals surface area (Å²) in [7, 11) is 1.12. The molecule has 0 aromatic rings. The van der Waals surface area contributed by atoms with Gasteiger partial charge >= 0.3 is 24.6 Å². The number of hydrogen-bond acceptors (Lipinski definition) is 10. The van der Waals surface area contributed by atoms with E-state index < -0.39 is 48.7 Å². The van der Waals surface area contributed by atoms with E-state index >= 15 is 0 Å². The van der Waals surface area contributed by atoms with Crippen LogP contribution in [0.15, 0.2) is 0 Å². The van der Waals surface area contributed by atoms with Crippen LogP contribution in [0, 0.1) is 0 Å². The van der Waals surface area contributed by atoms with Crippen molar-refractivity contribution in [2.45, 2.75) is 10.9 Å². The van der Waals surface area contributed by atoms with E-state index in [0.29, 0.717) is 21.6 Å². The average molecular weight is 362 g/mol. The molecule has 2 atom stereocenters. The van der Waals surface area contributed by atoms with E-state index in [1.54, 1.807) is 0 Å². The van der Waals surface area contributed by atoms with E-state index in [2.05, 4.69) is 18.9 Å². The summed E-state index contributed by atoms with van der Waals surface area (Å²) in [6.45, 7) is -1.34. The SMILES string of the molecule is O=C(O)OCC(OC(=O)O)SSC(COC(=O)O)OC(=O)O. The van der Waals surface area contributed by atoms with Gasteiger partial charge in [0, 0.05) is 0 Å². The lowest BCUT2D eigenvalue weighted by Gasteiger charge is -2.18. The van der Waals surface area contributed by atoms with Crippen LogP contribution in [-0.4, -0.2) is 69.1 Å². The van der Waals surface area contributed by atoms with Crippen molar-refractivity contribution in [2.75, 3.05) is 13.2 Å². The molecule has 126 valence electrons. The monoisotopic (exact) mass is 362 g/mol. The number of carbonyl (C=O) groups is 4. The van der Waals surface area contributed by atoms with Crippen molar-refractivity contribution in [3.8, 4) is 0 Å². The molecule has 0 amide bonds. The van der Waals surface area contributed by atoms with Crippen LogP contribution < -0.4 is 0 Å². The molecular weight excluding hydrogens is 352 g/mol. The molecule has 0 saturated heterocycles. The lowest BCUT2D eigenvalue weighted by atomic mass is 10.7. The van der Waals surface area contributed by atoms with E-state index in [9.17, 15) is 19.2 Å². The van der Waals surface area contributed by atoms with Gasteiger partial charge in [0.05, 0.1) is 0 Å². The largest absolute Gasteiger partial charge is 0.507 e. The molecule has 0 aliphatic carbocycles. The fraction of sp³-hybridized carbons (Fsp3) is 0.500. The van der Waals surface area contributed by atoms with Gasteiger partial charge in [-0.25, -0.2) is 19.2 Å². The molecule has 0 heterocycles. The number of rotatable bonds is 9. The van der Waals surface area contributed by atoms with Crippen LogP contribution in [0.1, 0.15) is 0 Å². The molecule has 0 fully saturated rings. The van der Waals surface area contributed by atoms with Crippen molar-refractivity contribution in [1.29, 1.82) is 0 Å². The molecule has 0 rings (SSSR count). The van der Waals surface area contributed by atoms with Crippen LogP contribution in [0.25, 0.3) is 0 Å². The highest BCUT2D eigenvalue weighted by atomic mass is 33.1. The molecule has 0 aromatic heterocycles. The Morgan fingerprint density at radius 1 is 0.682 bits per heavy atom. The van der Waals surface area contributed by atoms with Crippen LogP contribution in [-0.2, 0) is 18.9 Å². The first-order valence-electron chi connectivity index (χ1n) is 5.03. The Bertz CT molecular complexity index is 374. The predicted molar refractivity (Wildman–Crippen MR) is 68.9 cm³/mol. The third kappa shape index (κ3) is 11.6. The molecule has 0 aromatic carbocycles. The number of hydrogen-bond donors (Lipinski definition) is 4. The van der Waals surface area contributed by atoms with Crippen molar-refractivity contribution < 1.29 is 58.6 Å². The van der Waals surface area contributed by atoms with Gasteiger partial charge in [0.25, 0.3) is 0 Å². The zero-order valence-electron chi connectivity index (χ0n) is 10.4. The predicted octanol–water partition coefficient (Wildman–Crippen LogP) is 1.80. The van der Waals surface area contributed by atoms with Crippen LogP contribution in [0.4, 0.5) is 19.2 Å². The minimum atomic E-state index is -1.72. The molecule has 12 nitrogen and oxygen atoms in total. The van der Waals surface area contributed by atoms with Crippen molar-refractivity contribution >= 4 is 46.2 Å². The molecule has 0 aliphatic rings. The summed E-state index contributed by atoms with van der Waals surface area (Å²) in [5, 5.41) is 33.5. The Kier molecular flexibility index (Phi) is 9.44. The Labute approximate surface area is 129 Å². The summed E-state index contributed by atoms with van der Waals surface area (Å²) in [6.07, 6.45) is -6.77. The summed E-state index contributed by atoms with van der Waals surface area (Å²) in [5.74, 6) is 0. The highest BCUT2D eigenvalue weighted by molar-refractivity contribution is 8.77. The topological polar surface area (TPSA) is 186 Å². The zero-order chi connectivity index (χ0) is 17.1. The van der Waals surface area contributed by atoms with E-state index in [0.717, 1.165) is 0 Å². The van der Waals surface area contributed by atoms with Crippen LogP contribution >= 0.6 is 21.6 Å². The summed E-state index contributed by atoms with van der Waals surface area (Å²) < 4.78 is 16.8. The van der Waals surface area contributed by atoms with Gasteiger partial charge in [0.15, 0.2) is 10.9 Å². The molecule has 4 N–H and O–H groups in total. The first-order chi connectivity index (χ1) is 10.2. The van der Waals surface area contributed by atoms with E-state index in [1.165, 1.54) is 0 Å². The van der Waals surface area contributed by atoms with Crippen molar-refractivity contribution in [3.05, 3.63) is 0 Å². The van der Waals surface area contributed by atoms with Gasteiger partial charge in [0.2, 0.25) is 0 Å². The van der Waals surface area contributed by atoms with E-state index in [4.69, 9.17) is 20.4 Å². The first kappa shape index (κ1) is 19.8. The quantitative estimate of drug-likeness (QED) is 0.201. The fourth-order valence-electron chi connectivity index (χ4n) is 0.790. The molecule has 14 heteroatoms. The van der Waals surface area contributed by atoms with Gasteiger partial charge in [-0.2, -0.15) is 0 Å². The van der Waals surface area contributed by atoms with Crippen molar-refractivity contribution in [1.82, 2.24) is 0 Å². The molecular formula is C8H10O12S2. The second kappa shape index (κ2) is 10.5.